The molecule has 1 aromatic heterocycles. The topological polar surface area (TPSA) is 45.2 Å². The van der Waals surface area contributed by atoms with Crippen LogP contribution in [0.25, 0.3) is 0 Å². The first-order chi connectivity index (χ1) is 9.73. The molecule has 0 aliphatic carbocycles. The molecule has 2 heterocycles. The van der Waals surface area contributed by atoms with Crippen molar-refractivity contribution in [2.75, 3.05) is 18.4 Å². The van der Waals surface area contributed by atoms with Crippen molar-refractivity contribution in [2.45, 2.75) is 25.1 Å². The van der Waals surface area contributed by atoms with E-state index in [0.717, 1.165) is 12.3 Å². The van der Waals surface area contributed by atoms with Gasteiger partial charge in [-0.2, -0.15) is 13.2 Å². The van der Waals surface area contributed by atoms with Crippen LogP contribution >= 0.6 is 0 Å². The molecule has 1 aliphatic rings. The molecule has 1 amide bonds. The SMILES string of the molecule is C=CC(=O)N1CCC(C)(Nc2cncc(C(F)(F)F)c2)C1. The van der Waals surface area contributed by atoms with Crippen molar-refractivity contribution in [3.05, 3.63) is 36.7 Å². The maximum Gasteiger partial charge on any atom is 0.417 e. The fourth-order valence-corrected chi connectivity index (χ4v) is 2.39. The van der Waals surface area contributed by atoms with Crippen LogP contribution in [0.4, 0.5) is 18.9 Å². The standard InChI is InChI=1S/C14H16F3N3O/c1-3-12(21)20-5-4-13(2,9-20)19-11-6-10(7-18-8-11)14(15,16)17/h3,6-8,19H,1,4-5,9H2,2H3. The summed E-state index contributed by atoms with van der Waals surface area (Å²) >= 11 is 0. The van der Waals surface area contributed by atoms with Crippen LogP contribution in [0.2, 0.25) is 0 Å². The highest BCUT2D eigenvalue weighted by Crippen LogP contribution is 2.32. The fourth-order valence-electron chi connectivity index (χ4n) is 2.39. The van der Waals surface area contributed by atoms with Gasteiger partial charge < -0.3 is 10.2 Å². The summed E-state index contributed by atoms with van der Waals surface area (Å²) in [6.45, 7) is 6.25. The molecule has 1 unspecified atom stereocenters. The first kappa shape index (κ1) is 15.3. The minimum Gasteiger partial charge on any atom is -0.377 e. The van der Waals surface area contributed by atoms with Crippen molar-refractivity contribution < 1.29 is 18.0 Å². The number of carbonyl (C=O) groups excluding carboxylic acids is 1. The van der Waals surface area contributed by atoms with Gasteiger partial charge in [-0.25, -0.2) is 0 Å². The van der Waals surface area contributed by atoms with Crippen molar-refractivity contribution in [2.24, 2.45) is 0 Å². The second-order valence-electron chi connectivity index (χ2n) is 5.36. The van der Waals surface area contributed by atoms with Crippen LogP contribution in [0.1, 0.15) is 18.9 Å². The van der Waals surface area contributed by atoms with Gasteiger partial charge in [0.25, 0.3) is 0 Å². The summed E-state index contributed by atoms with van der Waals surface area (Å²) in [5, 5.41) is 3.05. The molecule has 4 nitrogen and oxygen atoms in total. The Hall–Kier alpha value is -2.05. The lowest BCUT2D eigenvalue weighted by atomic mass is 10.0. The van der Waals surface area contributed by atoms with Gasteiger partial charge >= 0.3 is 6.18 Å². The predicted molar refractivity (Wildman–Crippen MR) is 72.7 cm³/mol. The van der Waals surface area contributed by atoms with Gasteiger partial charge in [0.05, 0.1) is 16.8 Å². The van der Waals surface area contributed by atoms with E-state index in [4.69, 9.17) is 0 Å². The number of anilines is 1. The van der Waals surface area contributed by atoms with Gasteiger partial charge in [0.2, 0.25) is 5.91 Å². The molecule has 1 fully saturated rings. The van der Waals surface area contributed by atoms with Gasteiger partial charge in [-0.05, 0) is 25.5 Å². The summed E-state index contributed by atoms with van der Waals surface area (Å²) < 4.78 is 38.0. The van der Waals surface area contributed by atoms with Gasteiger partial charge in [-0.3, -0.25) is 9.78 Å². The molecule has 1 N–H and O–H groups in total. The van der Waals surface area contributed by atoms with E-state index in [-0.39, 0.29) is 5.91 Å². The highest BCUT2D eigenvalue weighted by molar-refractivity contribution is 5.87. The number of aromatic nitrogens is 1. The number of likely N-dealkylation sites (tertiary alicyclic amines) is 1. The van der Waals surface area contributed by atoms with Crippen LogP contribution in [0, 0.1) is 0 Å². The number of hydrogen-bond acceptors (Lipinski definition) is 3. The van der Waals surface area contributed by atoms with Gasteiger partial charge in [-0.15, -0.1) is 0 Å². The van der Waals surface area contributed by atoms with E-state index in [1.807, 2.05) is 6.92 Å². The number of rotatable bonds is 3. The third kappa shape index (κ3) is 3.53. The van der Waals surface area contributed by atoms with E-state index in [2.05, 4.69) is 16.9 Å². The highest BCUT2D eigenvalue weighted by atomic mass is 19.4. The zero-order valence-electron chi connectivity index (χ0n) is 11.6. The maximum absolute atomic E-state index is 12.7. The van der Waals surface area contributed by atoms with E-state index in [1.165, 1.54) is 12.3 Å². The summed E-state index contributed by atoms with van der Waals surface area (Å²) in [6, 6.07) is 1.02. The zero-order chi connectivity index (χ0) is 15.7. The van der Waals surface area contributed by atoms with Crippen LogP contribution in [0.5, 0.6) is 0 Å². The Morgan fingerprint density at radius 3 is 2.86 bits per heavy atom. The number of carbonyl (C=O) groups is 1. The molecule has 0 saturated carbocycles. The molecule has 0 radical (unpaired) electrons. The Morgan fingerprint density at radius 2 is 2.24 bits per heavy atom. The zero-order valence-corrected chi connectivity index (χ0v) is 11.6. The third-order valence-electron chi connectivity index (χ3n) is 3.47. The highest BCUT2D eigenvalue weighted by Gasteiger charge is 2.36. The summed E-state index contributed by atoms with van der Waals surface area (Å²) in [5.74, 6) is -0.178. The lowest BCUT2D eigenvalue weighted by molar-refractivity contribution is -0.137. The molecule has 1 atom stereocenters. The Kier molecular flexibility index (Phi) is 3.93. The number of halogens is 3. The Balaban J connectivity index is 2.12. The minimum absolute atomic E-state index is 0.178. The fraction of sp³-hybridized carbons (Fsp3) is 0.429. The first-order valence-corrected chi connectivity index (χ1v) is 6.45. The monoisotopic (exact) mass is 299 g/mol. The number of amides is 1. The molecule has 7 heteroatoms. The number of nitrogens with one attached hydrogen (secondary N) is 1. The summed E-state index contributed by atoms with van der Waals surface area (Å²) in [4.78, 5) is 16.8. The molecule has 1 aliphatic heterocycles. The Bertz CT molecular complexity index is 559. The quantitative estimate of drug-likeness (QED) is 0.873. The van der Waals surface area contributed by atoms with E-state index in [0.29, 0.717) is 25.2 Å². The second-order valence-corrected chi connectivity index (χ2v) is 5.36. The maximum atomic E-state index is 12.7. The third-order valence-corrected chi connectivity index (χ3v) is 3.47. The molecular formula is C14H16F3N3O. The molecule has 0 aromatic carbocycles. The van der Waals surface area contributed by atoms with Gasteiger partial charge in [0.1, 0.15) is 0 Å². The smallest absolute Gasteiger partial charge is 0.377 e. The second kappa shape index (κ2) is 5.38. The van der Waals surface area contributed by atoms with Crippen LogP contribution in [-0.2, 0) is 11.0 Å². The van der Waals surface area contributed by atoms with Crippen molar-refractivity contribution in [1.82, 2.24) is 9.88 Å². The van der Waals surface area contributed by atoms with E-state index in [9.17, 15) is 18.0 Å². The normalized spacial score (nSPS) is 22.2. The molecule has 1 saturated heterocycles. The molecule has 2 rings (SSSR count). The Morgan fingerprint density at radius 1 is 1.52 bits per heavy atom. The van der Waals surface area contributed by atoms with Crippen molar-refractivity contribution >= 4 is 11.6 Å². The number of hydrogen-bond donors (Lipinski definition) is 1. The number of alkyl halides is 3. The van der Waals surface area contributed by atoms with Crippen LogP contribution in [0.15, 0.2) is 31.1 Å². The first-order valence-electron chi connectivity index (χ1n) is 6.45. The predicted octanol–water partition coefficient (Wildman–Crippen LogP) is 2.69. The molecule has 21 heavy (non-hydrogen) atoms. The van der Waals surface area contributed by atoms with Crippen LogP contribution in [0.3, 0.4) is 0 Å². The van der Waals surface area contributed by atoms with E-state index < -0.39 is 17.3 Å². The van der Waals surface area contributed by atoms with Gasteiger partial charge in [0.15, 0.2) is 0 Å². The van der Waals surface area contributed by atoms with Gasteiger partial charge in [-0.1, -0.05) is 6.58 Å². The van der Waals surface area contributed by atoms with Crippen LogP contribution < -0.4 is 5.32 Å². The lowest BCUT2D eigenvalue weighted by Crippen LogP contribution is -2.39. The van der Waals surface area contributed by atoms with Gasteiger partial charge in [0, 0.05) is 25.5 Å². The summed E-state index contributed by atoms with van der Waals surface area (Å²) in [5.41, 5.74) is -0.988. The molecular weight excluding hydrogens is 283 g/mol. The number of pyridine rings is 1. The van der Waals surface area contributed by atoms with E-state index >= 15 is 0 Å². The van der Waals surface area contributed by atoms with Crippen molar-refractivity contribution in [3.8, 4) is 0 Å². The van der Waals surface area contributed by atoms with Crippen molar-refractivity contribution in [3.63, 3.8) is 0 Å². The number of nitrogens with zero attached hydrogens (tertiary/aromatic N) is 2. The average Bonchev–Trinajstić information content (AvgIpc) is 2.79. The summed E-state index contributed by atoms with van der Waals surface area (Å²) in [7, 11) is 0. The minimum atomic E-state index is -4.42. The average molecular weight is 299 g/mol. The molecule has 114 valence electrons. The molecule has 0 spiro atoms. The Labute approximate surface area is 120 Å². The van der Waals surface area contributed by atoms with E-state index in [1.54, 1.807) is 4.90 Å². The van der Waals surface area contributed by atoms with Crippen molar-refractivity contribution in [1.29, 1.82) is 0 Å². The largest absolute Gasteiger partial charge is 0.417 e. The molecule has 0 bridgehead atoms. The summed E-state index contributed by atoms with van der Waals surface area (Å²) in [6.07, 6.45) is -0.416. The lowest BCUT2D eigenvalue weighted by Gasteiger charge is -2.27. The van der Waals surface area contributed by atoms with Crippen LogP contribution in [-0.4, -0.2) is 34.4 Å². The molecule has 1 aromatic rings.